The molecule has 2 fully saturated rings. The number of carbonyl (C=O) groups excluding carboxylic acids is 2. The molecule has 0 saturated carbocycles. The zero-order chi connectivity index (χ0) is 21.6. The van der Waals surface area contributed by atoms with Crippen molar-refractivity contribution in [2.45, 2.75) is 51.6 Å². The minimum atomic E-state index is 0.0104. The smallest absolute Gasteiger partial charge is 0.324 e. The molecular weight excluding hydrogens is 392 g/mol. The maximum absolute atomic E-state index is 13.3. The Morgan fingerprint density at radius 1 is 1.10 bits per heavy atom. The van der Waals surface area contributed by atoms with Crippen LogP contribution in [0.3, 0.4) is 0 Å². The average molecular weight is 429 g/mol. The molecule has 0 radical (unpaired) electrons. The van der Waals surface area contributed by atoms with Gasteiger partial charge in [-0.15, -0.1) is 0 Å². The van der Waals surface area contributed by atoms with Crippen LogP contribution in [0.4, 0.5) is 10.5 Å². The molecule has 7 heteroatoms. The van der Waals surface area contributed by atoms with Crippen molar-refractivity contribution in [1.29, 1.82) is 0 Å². The summed E-state index contributed by atoms with van der Waals surface area (Å²) in [6, 6.07) is 7.78. The summed E-state index contributed by atoms with van der Waals surface area (Å²) >= 11 is 0. The number of hydrogen-bond acceptors (Lipinski definition) is 4. The lowest BCUT2D eigenvalue weighted by Gasteiger charge is -2.39. The number of nitrogens with one attached hydrogen (secondary N) is 1. The predicted molar refractivity (Wildman–Crippen MR) is 121 cm³/mol. The fourth-order valence-electron chi connectivity index (χ4n) is 4.86. The summed E-state index contributed by atoms with van der Waals surface area (Å²) in [6.07, 6.45) is 5.95. The van der Waals surface area contributed by atoms with Crippen molar-refractivity contribution in [2.75, 3.05) is 50.7 Å². The molecule has 0 aliphatic carbocycles. The summed E-state index contributed by atoms with van der Waals surface area (Å²) in [6.45, 7) is 8.13. The third-order valence-electron chi connectivity index (χ3n) is 6.81. The summed E-state index contributed by atoms with van der Waals surface area (Å²) in [7, 11) is 0. The average Bonchev–Trinajstić information content (AvgIpc) is 3.34. The number of amides is 3. The van der Waals surface area contributed by atoms with E-state index >= 15 is 0 Å². The standard InChI is InChI=1S/C24H36N4O3/c1-2-20-18-28(21-8-3-4-9-22(21)31-20)24(30)27-16-10-19(11-17-27)23(29)25-12-7-15-26-13-5-6-14-26/h3-4,8-9,19-20H,2,5-7,10-18H2,1H3,(H,25,29)/t20-/m1/s1. The van der Waals surface area contributed by atoms with Crippen molar-refractivity contribution >= 4 is 17.6 Å². The number of para-hydroxylation sites is 2. The highest BCUT2D eigenvalue weighted by Gasteiger charge is 2.34. The highest BCUT2D eigenvalue weighted by Crippen LogP contribution is 2.35. The number of carbonyl (C=O) groups is 2. The maximum Gasteiger partial charge on any atom is 0.324 e. The number of likely N-dealkylation sites (tertiary alicyclic amines) is 2. The molecular formula is C24H36N4O3. The molecule has 3 aliphatic rings. The predicted octanol–water partition coefficient (Wildman–Crippen LogP) is 3.10. The Labute approximate surface area is 185 Å². The van der Waals surface area contributed by atoms with E-state index < -0.39 is 0 Å². The lowest BCUT2D eigenvalue weighted by atomic mass is 9.96. The largest absolute Gasteiger partial charge is 0.486 e. The van der Waals surface area contributed by atoms with Crippen molar-refractivity contribution in [3.8, 4) is 5.75 Å². The first-order valence-corrected chi connectivity index (χ1v) is 12.0. The van der Waals surface area contributed by atoms with Gasteiger partial charge in [0.2, 0.25) is 5.91 Å². The Morgan fingerprint density at radius 3 is 2.58 bits per heavy atom. The quantitative estimate of drug-likeness (QED) is 0.707. The number of benzene rings is 1. The molecule has 1 atom stereocenters. The first-order chi connectivity index (χ1) is 15.2. The van der Waals surface area contributed by atoms with E-state index in [-0.39, 0.29) is 24.0 Å². The number of anilines is 1. The van der Waals surface area contributed by atoms with Gasteiger partial charge in [0.25, 0.3) is 0 Å². The number of nitrogens with zero attached hydrogens (tertiary/aromatic N) is 3. The molecule has 1 N–H and O–H groups in total. The molecule has 0 unspecified atom stereocenters. The lowest BCUT2D eigenvalue weighted by molar-refractivity contribution is -0.126. The summed E-state index contributed by atoms with van der Waals surface area (Å²) in [5.74, 6) is 0.935. The van der Waals surface area contributed by atoms with Crippen molar-refractivity contribution in [3.63, 3.8) is 0 Å². The summed E-state index contributed by atoms with van der Waals surface area (Å²) < 4.78 is 6.01. The monoisotopic (exact) mass is 428 g/mol. The Morgan fingerprint density at radius 2 is 1.84 bits per heavy atom. The first-order valence-electron chi connectivity index (χ1n) is 12.0. The van der Waals surface area contributed by atoms with Gasteiger partial charge in [0, 0.05) is 25.6 Å². The second-order valence-electron chi connectivity index (χ2n) is 8.96. The summed E-state index contributed by atoms with van der Waals surface area (Å²) in [5, 5.41) is 3.11. The number of rotatable bonds is 6. The van der Waals surface area contributed by atoms with Crippen LogP contribution in [-0.4, -0.2) is 73.7 Å². The Hall–Kier alpha value is -2.28. The second kappa shape index (κ2) is 10.4. The molecule has 1 aromatic rings. The van der Waals surface area contributed by atoms with Gasteiger partial charge in [0.05, 0.1) is 12.2 Å². The number of piperidine rings is 1. The van der Waals surface area contributed by atoms with E-state index in [2.05, 4.69) is 17.1 Å². The van der Waals surface area contributed by atoms with Gasteiger partial charge in [0.1, 0.15) is 11.9 Å². The van der Waals surface area contributed by atoms with Crippen LogP contribution in [0.2, 0.25) is 0 Å². The van der Waals surface area contributed by atoms with Crippen LogP contribution in [0.25, 0.3) is 0 Å². The topological polar surface area (TPSA) is 65.1 Å². The molecule has 170 valence electrons. The molecule has 7 nitrogen and oxygen atoms in total. The first kappa shape index (κ1) is 21.9. The minimum Gasteiger partial charge on any atom is -0.486 e. The Bertz CT molecular complexity index is 757. The van der Waals surface area contributed by atoms with Crippen LogP contribution >= 0.6 is 0 Å². The number of ether oxygens (including phenoxy) is 1. The number of fused-ring (bicyclic) bond motifs is 1. The van der Waals surface area contributed by atoms with E-state index in [0.29, 0.717) is 19.6 Å². The number of urea groups is 1. The fourth-order valence-corrected chi connectivity index (χ4v) is 4.86. The highest BCUT2D eigenvalue weighted by atomic mass is 16.5. The van der Waals surface area contributed by atoms with E-state index in [1.165, 1.54) is 25.9 Å². The lowest BCUT2D eigenvalue weighted by Crippen LogP contribution is -2.52. The molecule has 2 saturated heterocycles. The highest BCUT2D eigenvalue weighted by molar-refractivity contribution is 5.94. The van der Waals surface area contributed by atoms with Gasteiger partial charge in [-0.1, -0.05) is 19.1 Å². The van der Waals surface area contributed by atoms with E-state index in [1.54, 1.807) is 0 Å². The van der Waals surface area contributed by atoms with Gasteiger partial charge < -0.3 is 19.9 Å². The van der Waals surface area contributed by atoms with E-state index in [9.17, 15) is 9.59 Å². The van der Waals surface area contributed by atoms with E-state index in [4.69, 9.17) is 4.74 Å². The Kier molecular flexibility index (Phi) is 7.33. The van der Waals surface area contributed by atoms with Gasteiger partial charge in [-0.25, -0.2) is 4.79 Å². The fraction of sp³-hybridized carbons (Fsp3) is 0.667. The SMILES string of the molecule is CC[C@@H]1CN(C(=O)N2CCC(C(=O)NCCCN3CCCC3)CC2)c2ccccc2O1. The van der Waals surface area contributed by atoms with Crippen LogP contribution < -0.4 is 15.0 Å². The van der Waals surface area contributed by atoms with Gasteiger partial charge in [-0.05, 0) is 70.3 Å². The van der Waals surface area contributed by atoms with Gasteiger partial charge in [-0.2, -0.15) is 0 Å². The third kappa shape index (κ3) is 5.32. The molecule has 0 spiro atoms. The van der Waals surface area contributed by atoms with Crippen molar-refractivity contribution < 1.29 is 14.3 Å². The van der Waals surface area contributed by atoms with Gasteiger partial charge >= 0.3 is 6.03 Å². The molecule has 3 amide bonds. The zero-order valence-electron chi connectivity index (χ0n) is 18.7. The van der Waals surface area contributed by atoms with Crippen molar-refractivity contribution in [2.24, 2.45) is 5.92 Å². The number of hydrogen-bond donors (Lipinski definition) is 1. The van der Waals surface area contributed by atoms with Crippen LogP contribution in [-0.2, 0) is 4.79 Å². The molecule has 3 heterocycles. The minimum absolute atomic E-state index is 0.0104. The van der Waals surface area contributed by atoms with Crippen molar-refractivity contribution in [3.05, 3.63) is 24.3 Å². The molecule has 3 aliphatic heterocycles. The van der Waals surface area contributed by atoms with Gasteiger partial charge in [-0.3, -0.25) is 9.69 Å². The summed E-state index contributed by atoms with van der Waals surface area (Å²) in [5.41, 5.74) is 0.843. The maximum atomic E-state index is 13.3. The molecule has 31 heavy (non-hydrogen) atoms. The molecule has 4 rings (SSSR count). The van der Waals surface area contributed by atoms with Crippen LogP contribution in [0.15, 0.2) is 24.3 Å². The molecule has 0 aromatic heterocycles. The molecule has 0 bridgehead atoms. The normalized spacial score (nSPS) is 22.2. The third-order valence-corrected chi connectivity index (χ3v) is 6.81. The van der Waals surface area contributed by atoms with E-state index in [1.807, 2.05) is 34.1 Å². The van der Waals surface area contributed by atoms with E-state index in [0.717, 1.165) is 50.2 Å². The molecule has 1 aromatic carbocycles. The summed E-state index contributed by atoms with van der Waals surface area (Å²) in [4.78, 5) is 32.1. The Balaban J connectivity index is 1.24. The second-order valence-corrected chi connectivity index (χ2v) is 8.96. The van der Waals surface area contributed by atoms with Gasteiger partial charge in [0.15, 0.2) is 0 Å². The van der Waals surface area contributed by atoms with Crippen LogP contribution in [0, 0.1) is 5.92 Å². The van der Waals surface area contributed by atoms with Crippen molar-refractivity contribution in [1.82, 2.24) is 15.1 Å². The van der Waals surface area contributed by atoms with Crippen LogP contribution in [0.1, 0.15) is 45.4 Å². The zero-order valence-corrected chi connectivity index (χ0v) is 18.7. The van der Waals surface area contributed by atoms with Crippen LogP contribution in [0.5, 0.6) is 5.75 Å².